The van der Waals surface area contributed by atoms with Crippen molar-refractivity contribution >= 4 is 6.03 Å². The fraction of sp³-hybridized carbons (Fsp3) is 0.167. The Hall–Kier alpha value is -3.15. The van der Waals surface area contributed by atoms with Gasteiger partial charge in [0.05, 0.1) is 6.54 Å². The average Bonchev–Trinajstić information content (AvgIpc) is 3.13. The van der Waals surface area contributed by atoms with Gasteiger partial charge in [0.1, 0.15) is 0 Å². The molecular formula is C18H19N5O. The Kier molecular flexibility index (Phi) is 5.19. The lowest BCUT2D eigenvalue weighted by atomic mass is 10.1. The smallest absolute Gasteiger partial charge is 0.315 e. The van der Waals surface area contributed by atoms with Crippen LogP contribution in [0.2, 0.25) is 0 Å². The van der Waals surface area contributed by atoms with Gasteiger partial charge < -0.3 is 10.6 Å². The molecule has 0 atom stereocenters. The number of urea groups is 1. The highest BCUT2D eigenvalue weighted by Gasteiger charge is 2.01. The lowest BCUT2D eigenvalue weighted by Crippen LogP contribution is -2.34. The molecule has 0 aliphatic rings. The van der Waals surface area contributed by atoms with Gasteiger partial charge in [-0.25, -0.2) is 4.79 Å². The summed E-state index contributed by atoms with van der Waals surface area (Å²) in [5.41, 5.74) is 3.19. The number of pyridine rings is 1. The first kappa shape index (κ1) is 15.7. The summed E-state index contributed by atoms with van der Waals surface area (Å²) in [4.78, 5) is 15.8. The van der Waals surface area contributed by atoms with Crippen LogP contribution in [-0.4, -0.2) is 20.8 Å². The number of aromatic nitrogens is 3. The molecule has 2 heterocycles. The molecule has 2 amide bonds. The highest BCUT2D eigenvalue weighted by molar-refractivity contribution is 5.73. The van der Waals surface area contributed by atoms with Gasteiger partial charge in [-0.05, 0) is 28.8 Å². The summed E-state index contributed by atoms with van der Waals surface area (Å²) in [6.45, 7) is 1.69. The van der Waals surface area contributed by atoms with Crippen LogP contribution in [0.1, 0.15) is 16.7 Å². The molecule has 0 unspecified atom stereocenters. The molecule has 3 aromatic rings. The molecule has 0 fully saturated rings. The summed E-state index contributed by atoms with van der Waals surface area (Å²) < 4.78 is 1.87. The molecule has 122 valence electrons. The van der Waals surface area contributed by atoms with E-state index in [1.165, 1.54) is 5.56 Å². The molecule has 6 nitrogen and oxygen atoms in total. The van der Waals surface area contributed by atoms with E-state index in [0.717, 1.165) is 17.7 Å². The number of hydrogen-bond acceptors (Lipinski definition) is 3. The second-order valence-corrected chi connectivity index (χ2v) is 5.42. The van der Waals surface area contributed by atoms with Gasteiger partial charge in [0.15, 0.2) is 0 Å². The molecule has 2 aromatic heterocycles. The maximum atomic E-state index is 11.8. The zero-order valence-corrected chi connectivity index (χ0v) is 13.2. The number of nitrogens with one attached hydrogen (secondary N) is 2. The molecule has 1 aromatic carbocycles. The quantitative estimate of drug-likeness (QED) is 0.732. The molecule has 0 aliphatic heterocycles. The van der Waals surface area contributed by atoms with Crippen molar-refractivity contribution in [3.05, 3.63) is 83.9 Å². The van der Waals surface area contributed by atoms with E-state index in [2.05, 4.69) is 20.7 Å². The highest BCUT2D eigenvalue weighted by atomic mass is 16.2. The van der Waals surface area contributed by atoms with Crippen LogP contribution in [0.3, 0.4) is 0 Å². The third kappa shape index (κ3) is 4.67. The van der Waals surface area contributed by atoms with Crippen molar-refractivity contribution < 1.29 is 4.79 Å². The van der Waals surface area contributed by atoms with E-state index in [0.29, 0.717) is 13.1 Å². The first-order valence-corrected chi connectivity index (χ1v) is 7.75. The molecule has 24 heavy (non-hydrogen) atoms. The van der Waals surface area contributed by atoms with E-state index in [9.17, 15) is 4.79 Å². The molecule has 6 heteroatoms. The molecule has 0 spiro atoms. The van der Waals surface area contributed by atoms with Crippen molar-refractivity contribution in [2.75, 3.05) is 0 Å². The number of carbonyl (C=O) groups excluding carboxylic acids is 1. The van der Waals surface area contributed by atoms with Gasteiger partial charge in [-0.15, -0.1) is 0 Å². The number of benzene rings is 1. The standard InChI is InChI=1S/C18H19N5O/c24-18(21-13-17-3-1-8-19-11-17)20-12-15-4-6-16(7-5-15)14-23-10-2-9-22-23/h1-11H,12-14H2,(H2,20,21,24). The molecule has 0 radical (unpaired) electrons. The minimum absolute atomic E-state index is 0.195. The summed E-state index contributed by atoms with van der Waals surface area (Å²) in [6.07, 6.45) is 7.14. The van der Waals surface area contributed by atoms with Crippen LogP contribution in [0, 0.1) is 0 Å². The van der Waals surface area contributed by atoms with Crippen molar-refractivity contribution in [2.24, 2.45) is 0 Å². The topological polar surface area (TPSA) is 71.8 Å². The summed E-state index contributed by atoms with van der Waals surface area (Å²) in [5.74, 6) is 0. The summed E-state index contributed by atoms with van der Waals surface area (Å²) >= 11 is 0. The van der Waals surface area contributed by atoms with Crippen molar-refractivity contribution in [1.82, 2.24) is 25.4 Å². The fourth-order valence-corrected chi connectivity index (χ4v) is 2.27. The molecule has 0 bridgehead atoms. The van der Waals surface area contributed by atoms with Gasteiger partial charge in [-0.3, -0.25) is 9.67 Å². The maximum Gasteiger partial charge on any atom is 0.315 e. The first-order valence-electron chi connectivity index (χ1n) is 7.75. The normalized spacial score (nSPS) is 10.3. The second kappa shape index (κ2) is 7.92. The number of carbonyl (C=O) groups is 1. The number of hydrogen-bond donors (Lipinski definition) is 2. The largest absolute Gasteiger partial charge is 0.334 e. The monoisotopic (exact) mass is 321 g/mol. The van der Waals surface area contributed by atoms with Crippen LogP contribution in [-0.2, 0) is 19.6 Å². The first-order chi connectivity index (χ1) is 11.8. The Morgan fingerprint density at radius 1 is 0.917 bits per heavy atom. The summed E-state index contributed by atoms with van der Waals surface area (Å²) in [7, 11) is 0. The van der Waals surface area contributed by atoms with E-state index in [1.807, 2.05) is 53.3 Å². The molecule has 2 N–H and O–H groups in total. The Labute approximate surface area is 140 Å². The van der Waals surface area contributed by atoms with Gasteiger partial charge in [-0.1, -0.05) is 30.3 Å². The van der Waals surface area contributed by atoms with Gasteiger partial charge in [0.25, 0.3) is 0 Å². The zero-order chi connectivity index (χ0) is 16.6. The van der Waals surface area contributed by atoms with Crippen molar-refractivity contribution in [1.29, 1.82) is 0 Å². The third-order valence-corrected chi connectivity index (χ3v) is 3.56. The fourth-order valence-electron chi connectivity index (χ4n) is 2.27. The lowest BCUT2D eigenvalue weighted by Gasteiger charge is -2.08. The lowest BCUT2D eigenvalue weighted by molar-refractivity contribution is 0.240. The Morgan fingerprint density at radius 3 is 2.33 bits per heavy atom. The van der Waals surface area contributed by atoms with Crippen LogP contribution in [0.4, 0.5) is 4.79 Å². The Balaban J connectivity index is 1.43. The highest BCUT2D eigenvalue weighted by Crippen LogP contribution is 2.06. The minimum Gasteiger partial charge on any atom is -0.334 e. The summed E-state index contributed by atoms with van der Waals surface area (Å²) in [6, 6.07) is 13.6. The van der Waals surface area contributed by atoms with Crippen LogP contribution in [0.5, 0.6) is 0 Å². The van der Waals surface area contributed by atoms with Crippen molar-refractivity contribution in [2.45, 2.75) is 19.6 Å². The van der Waals surface area contributed by atoms with Gasteiger partial charge in [0.2, 0.25) is 0 Å². The molecule has 0 saturated heterocycles. The van der Waals surface area contributed by atoms with Crippen molar-refractivity contribution in [3.63, 3.8) is 0 Å². The maximum absolute atomic E-state index is 11.8. The third-order valence-electron chi connectivity index (χ3n) is 3.56. The minimum atomic E-state index is -0.195. The number of nitrogens with zero attached hydrogens (tertiary/aromatic N) is 3. The van der Waals surface area contributed by atoms with E-state index < -0.39 is 0 Å². The second-order valence-electron chi connectivity index (χ2n) is 5.42. The molecule has 0 aliphatic carbocycles. The van der Waals surface area contributed by atoms with Gasteiger partial charge >= 0.3 is 6.03 Å². The summed E-state index contributed by atoms with van der Waals surface area (Å²) in [5, 5.41) is 9.84. The van der Waals surface area contributed by atoms with Crippen LogP contribution in [0.25, 0.3) is 0 Å². The molecule has 0 saturated carbocycles. The Morgan fingerprint density at radius 2 is 1.67 bits per heavy atom. The SMILES string of the molecule is O=C(NCc1ccc(Cn2cccn2)cc1)NCc1cccnc1. The zero-order valence-electron chi connectivity index (χ0n) is 13.2. The Bertz CT molecular complexity index is 754. The number of rotatable bonds is 6. The predicted molar refractivity (Wildman–Crippen MR) is 91.1 cm³/mol. The predicted octanol–water partition coefficient (Wildman–Crippen LogP) is 2.33. The molecular weight excluding hydrogens is 302 g/mol. The van der Waals surface area contributed by atoms with E-state index in [4.69, 9.17) is 0 Å². The van der Waals surface area contributed by atoms with E-state index in [-0.39, 0.29) is 6.03 Å². The van der Waals surface area contributed by atoms with E-state index >= 15 is 0 Å². The van der Waals surface area contributed by atoms with E-state index in [1.54, 1.807) is 18.6 Å². The van der Waals surface area contributed by atoms with Crippen LogP contribution < -0.4 is 10.6 Å². The van der Waals surface area contributed by atoms with Gasteiger partial charge in [-0.2, -0.15) is 5.10 Å². The van der Waals surface area contributed by atoms with Crippen LogP contribution in [0.15, 0.2) is 67.3 Å². The molecule has 3 rings (SSSR count). The number of amides is 2. The van der Waals surface area contributed by atoms with Gasteiger partial charge in [0, 0.05) is 37.9 Å². The average molecular weight is 321 g/mol. The van der Waals surface area contributed by atoms with Crippen LogP contribution >= 0.6 is 0 Å². The van der Waals surface area contributed by atoms with Crippen molar-refractivity contribution in [3.8, 4) is 0 Å².